The molecule has 0 saturated heterocycles. The number of halogens is 1. The van der Waals surface area contributed by atoms with Crippen molar-refractivity contribution in [1.29, 1.82) is 0 Å². The van der Waals surface area contributed by atoms with Crippen molar-refractivity contribution in [3.05, 3.63) is 0 Å². The second kappa shape index (κ2) is 7.43. The standard InChI is InChI=1S/C11H24IO4P/c1-9(2)15-17(13,16-10(3)4)8-14-11(5,6)7-12/h9-10H,7-8H2,1-6H3. The van der Waals surface area contributed by atoms with E-state index in [9.17, 15) is 4.57 Å². The van der Waals surface area contributed by atoms with E-state index in [1.54, 1.807) is 0 Å². The lowest BCUT2D eigenvalue weighted by atomic mass is 10.2. The van der Waals surface area contributed by atoms with Crippen molar-refractivity contribution in [2.75, 3.05) is 10.8 Å². The zero-order valence-corrected chi connectivity index (χ0v) is 14.6. The molecule has 0 radical (unpaired) electrons. The number of ether oxygens (including phenoxy) is 1. The predicted octanol–water partition coefficient (Wildman–Crippen LogP) is 4.22. The molecule has 0 spiro atoms. The normalized spacial score (nSPS) is 13.7. The molecule has 0 atom stereocenters. The number of hydrogen-bond donors (Lipinski definition) is 0. The molecule has 0 bridgehead atoms. The van der Waals surface area contributed by atoms with Gasteiger partial charge in [0, 0.05) is 4.43 Å². The third kappa shape index (κ3) is 8.54. The highest BCUT2D eigenvalue weighted by atomic mass is 127. The summed E-state index contributed by atoms with van der Waals surface area (Å²) in [5.74, 6) is 0. The second-order valence-electron chi connectivity index (χ2n) is 5.09. The van der Waals surface area contributed by atoms with E-state index in [0.717, 1.165) is 4.43 Å². The molecule has 0 amide bonds. The van der Waals surface area contributed by atoms with Crippen LogP contribution in [0.15, 0.2) is 0 Å². The second-order valence-corrected chi connectivity index (χ2v) is 7.75. The fraction of sp³-hybridized carbons (Fsp3) is 1.00. The molecule has 0 saturated carbocycles. The highest BCUT2D eigenvalue weighted by Crippen LogP contribution is 2.51. The van der Waals surface area contributed by atoms with Crippen LogP contribution in [0.5, 0.6) is 0 Å². The highest BCUT2D eigenvalue weighted by Gasteiger charge is 2.31. The summed E-state index contributed by atoms with van der Waals surface area (Å²) >= 11 is 2.24. The summed E-state index contributed by atoms with van der Waals surface area (Å²) in [5, 5.41) is 0. The quantitative estimate of drug-likeness (QED) is 0.361. The average molecular weight is 378 g/mol. The molecule has 6 heteroatoms. The lowest BCUT2D eigenvalue weighted by Crippen LogP contribution is -2.27. The molecular weight excluding hydrogens is 354 g/mol. The number of rotatable bonds is 8. The van der Waals surface area contributed by atoms with Crippen molar-refractivity contribution in [3.8, 4) is 0 Å². The molecule has 0 unspecified atom stereocenters. The van der Waals surface area contributed by atoms with E-state index < -0.39 is 7.60 Å². The topological polar surface area (TPSA) is 44.8 Å². The molecule has 0 N–H and O–H groups in total. The summed E-state index contributed by atoms with van der Waals surface area (Å²) < 4.78 is 29.7. The SMILES string of the molecule is CC(C)OP(=O)(COC(C)(C)CI)OC(C)C. The molecule has 4 nitrogen and oxygen atoms in total. The van der Waals surface area contributed by atoms with E-state index in [-0.39, 0.29) is 24.2 Å². The molecule has 0 aromatic heterocycles. The summed E-state index contributed by atoms with van der Waals surface area (Å²) in [4.78, 5) is 0. The van der Waals surface area contributed by atoms with Crippen LogP contribution in [-0.2, 0) is 18.3 Å². The maximum absolute atomic E-state index is 12.4. The Morgan fingerprint density at radius 2 is 1.53 bits per heavy atom. The Morgan fingerprint density at radius 1 is 1.12 bits per heavy atom. The van der Waals surface area contributed by atoms with E-state index in [2.05, 4.69) is 22.6 Å². The average Bonchev–Trinajstić information content (AvgIpc) is 2.13. The van der Waals surface area contributed by atoms with E-state index >= 15 is 0 Å². The van der Waals surface area contributed by atoms with E-state index in [1.807, 2.05) is 41.5 Å². The smallest absolute Gasteiger partial charge is 0.356 e. The van der Waals surface area contributed by atoms with Gasteiger partial charge in [0.2, 0.25) is 0 Å². The van der Waals surface area contributed by atoms with Crippen LogP contribution in [0.2, 0.25) is 0 Å². The van der Waals surface area contributed by atoms with E-state index in [1.165, 1.54) is 0 Å². The fourth-order valence-electron chi connectivity index (χ4n) is 1.02. The van der Waals surface area contributed by atoms with Crippen LogP contribution < -0.4 is 0 Å². The zero-order valence-electron chi connectivity index (χ0n) is 11.5. The molecule has 0 aliphatic carbocycles. The molecule has 0 aromatic carbocycles. The molecule has 0 aliphatic rings. The van der Waals surface area contributed by atoms with Gasteiger partial charge in [-0.2, -0.15) is 0 Å². The summed E-state index contributed by atoms with van der Waals surface area (Å²) in [7, 11) is -3.17. The van der Waals surface area contributed by atoms with Gasteiger partial charge >= 0.3 is 7.60 Å². The minimum atomic E-state index is -3.17. The monoisotopic (exact) mass is 378 g/mol. The van der Waals surface area contributed by atoms with Gasteiger partial charge in [0.15, 0.2) is 0 Å². The van der Waals surface area contributed by atoms with Crippen molar-refractivity contribution in [2.45, 2.75) is 59.4 Å². The lowest BCUT2D eigenvalue weighted by Gasteiger charge is -2.28. The van der Waals surface area contributed by atoms with Crippen LogP contribution in [-0.4, -0.2) is 28.6 Å². The van der Waals surface area contributed by atoms with Gasteiger partial charge in [-0.1, -0.05) is 22.6 Å². The predicted molar refractivity (Wildman–Crippen MR) is 79.0 cm³/mol. The van der Waals surface area contributed by atoms with Gasteiger partial charge < -0.3 is 13.8 Å². The molecule has 0 aliphatic heterocycles. The van der Waals surface area contributed by atoms with Crippen molar-refractivity contribution < 1.29 is 18.3 Å². The first-order valence-electron chi connectivity index (χ1n) is 5.76. The summed E-state index contributed by atoms with van der Waals surface area (Å²) in [6, 6.07) is 0. The summed E-state index contributed by atoms with van der Waals surface area (Å²) in [6.07, 6.45) is -0.295. The first-order valence-corrected chi connectivity index (χ1v) is 9.01. The van der Waals surface area contributed by atoms with Gasteiger partial charge in [0.05, 0.1) is 17.8 Å². The maximum Gasteiger partial charge on any atom is 0.356 e. The Labute approximate surface area is 118 Å². The lowest BCUT2D eigenvalue weighted by molar-refractivity contribution is 0.0120. The molecule has 104 valence electrons. The summed E-state index contributed by atoms with van der Waals surface area (Å²) in [6.45, 7) is 11.2. The van der Waals surface area contributed by atoms with Gasteiger partial charge in [-0.3, -0.25) is 4.57 Å². The van der Waals surface area contributed by atoms with Crippen LogP contribution in [0.1, 0.15) is 41.5 Å². The van der Waals surface area contributed by atoms with Crippen molar-refractivity contribution in [3.63, 3.8) is 0 Å². The Morgan fingerprint density at radius 3 is 1.82 bits per heavy atom. The van der Waals surface area contributed by atoms with Crippen LogP contribution in [0.3, 0.4) is 0 Å². The van der Waals surface area contributed by atoms with Crippen LogP contribution >= 0.6 is 30.2 Å². The molecule has 0 fully saturated rings. The number of alkyl halides is 1. The Hall–Kier alpha value is 0.840. The largest absolute Gasteiger partial charge is 0.362 e. The Balaban J connectivity index is 4.54. The molecule has 0 heterocycles. The Bertz CT molecular complexity index is 252. The third-order valence-electron chi connectivity index (χ3n) is 1.68. The maximum atomic E-state index is 12.4. The highest BCUT2D eigenvalue weighted by molar-refractivity contribution is 14.1. The van der Waals surface area contributed by atoms with Gasteiger partial charge in [-0.05, 0) is 41.5 Å². The van der Waals surface area contributed by atoms with E-state index in [0.29, 0.717) is 0 Å². The first kappa shape index (κ1) is 17.8. The molecular formula is C11H24IO4P. The van der Waals surface area contributed by atoms with E-state index in [4.69, 9.17) is 13.8 Å². The molecule has 17 heavy (non-hydrogen) atoms. The van der Waals surface area contributed by atoms with Gasteiger partial charge in [-0.15, -0.1) is 0 Å². The minimum Gasteiger partial charge on any atom is -0.362 e. The van der Waals surface area contributed by atoms with Gasteiger partial charge in [0.1, 0.15) is 6.35 Å². The van der Waals surface area contributed by atoms with Gasteiger partial charge in [-0.25, -0.2) is 0 Å². The molecule has 0 aromatic rings. The van der Waals surface area contributed by atoms with Crippen LogP contribution in [0.25, 0.3) is 0 Å². The fourth-order valence-corrected chi connectivity index (χ4v) is 3.20. The minimum absolute atomic E-state index is 0.000633. The van der Waals surface area contributed by atoms with Crippen molar-refractivity contribution in [2.24, 2.45) is 0 Å². The third-order valence-corrected chi connectivity index (χ3v) is 5.45. The summed E-state index contributed by atoms with van der Waals surface area (Å²) in [5.41, 5.74) is -0.323. The zero-order chi connectivity index (χ0) is 13.7. The Kier molecular flexibility index (Phi) is 7.80. The molecule has 0 rings (SSSR count). The van der Waals surface area contributed by atoms with Crippen molar-refractivity contribution in [1.82, 2.24) is 0 Å². The van der Waals surface area contributed by atoms with Crippen LogP contribution in [0.4, 0.5) is 0 Å². The van der Waals surface area contributed by atoms with Gasteiger partial charge in [0.25, 0.3) is 0 Å². The van der Waals surface area contributed by atoms with Crippen molar-refractivity contribution >= 4 is 30.2 Å². The van der Waals surface area contributed by atoms with Crippen LogP contribution in [0, 0.1) is 0 Å². The first-order chi connectivity index (χ1) is 7.60. The number of hydrogen-bond acceptors (Lipinski definition) is 4.